The Labute approximate surface area is 262 Å². The summed E-state index contributed by atoms with van der Waals surface area (Å²) < 4.78 is 49.2. The highest BCUT2D eigenvalue weighted by Crippen LogP contribution is 2.51. The van der Waals surface area contributed by atoms with E-state index in [9.17, 15) is 18.9 Å². The number of carbonyl (C=O) groups is 3. The fraction of sp³-hybridized carbons (Fsp3) is 0.750. The molecule has 43 heavy (non-hydrogen) atoms. The topological polar surface area (TPSA) is 153 Å². The number of rotatable bonds is 13. The lowest BCUT2D eigenvalue weighted by Crippen LogP contribution is -2.44. The van der Waals surface area contributed by atoms with Crippen molar-refractivity contribution in [2.45, 2.75) is 85.7 Å². The van der Waals surface area contributed by atoms with Gasteiger partial charge in [0, 0.05) is 34.1 Å². The minimum atomic E-state index is -4.14. The Bertz CT molecular complexity index is 1110. The number of amides is 1. The summed E-state index contributed by atoms with van der Waals surface area (Å²) in [6, 6.07) is 0. The molecule has 4 unspecified atom stereocenters. The number of carbonyl (C=O) groups excluding carboxylic acids is 3. The maximum atomic E-state index is 13.7. The highest BCUT2D eigenvalue weighted by molar-refractivity contribution is 8.14. The molecule has 1 amide bonds. The number of thioether (sulfide) groups is 2. The molecule has 0 bridgehead atoms. The lowest BCUT2D eigenvalue weighted by molar-refractivity contribution is -0.204. The Morgan fingerprint density at radius 2 is 1.51 bits per heavy atom. The van der Waals surface area contributed by atoms with Crippen LogP contribution in [0, 0.1) is 10.8 Å². The maximum Gasteiger partial charge on any atom is 0.474 e. The lowest BCUT2D eigenvalue weighted by atomic mass is 9.99. The zero-order chi connectivity index (χ0) is 32.2. The second-order valence-corrected chi connectivity index (χ2v) is 16.7. The highest BCUT2D eigenvalue weighted by Gasteiger charge is 2.57. The molecule has 12 nitrogen and oxygen atoms in total. The van der Waals surface area contributed by atoms with Crippen LogP contribution >= 0.6 is 31.3 Å². The number of ether oxygens (including phenoxy) is 3. The lowest BCUT2D eigenvalue weighted by Gasteiger charge is -2.33. The van der Waals surface area contributed by atoms with Gasteiger partial charge in [-0.3, -0.25) is 28.0 Å². The van der Waals surface area contributed by atoms with Gasteiger partial charge in [-0.15, -0.1) is 0 Å². The van der Waals surface area contributed by atoms with Gasteiger partial charge in [-0.1, -0.05) is 71.1 Å². The second-order valence-electron chi connectivity index (χ2n) is 12.9. The summed E-state index contributed by atoms with van der Waals surface area (Å²) in [5.41, 5.74) is 4.85. The molecule has 15 heteroatoms. The summed E-state index contributed by atoms with van der Waals surface area (Å²) in [5, 5.41) is -0.0493. The minimum absolute atomic E-state index is 0.0246. The van der Waals surface area contributed by atoms with Crippen molar-refractivity contribution in [3.63, 3.8) is 0 Å². The van der Waals surface area contributed by atoms with Crippen molar-refractivity contribution < 1.29 is 46.7 Å². The second kappa shape index (κ2) is 14.5. The molecule has 0 aliphatic carbocycles. The number of hydrogen-bond acceptors (Lipinski definition) is 13. The number of primary amides is 1. The molecule has 244 valence electrons. The molecule has 2 saturated heterocycles. The van der Waals surface area contributed by atoms with Crippen LogP contribution in [0.25, 0.3) is 0 Å². The standard InChI is InChI=1S/C28H45N2O10PS2/c1-26(2,3)24(32)42-14-12-35-41(34,36-13-15-43-25(33)27(4,5)6)37-17-19-20-21(40-28(7,8)39-20)23(38-19)30-11-9-10-18(16-30)22(29)31/h9-11,19-21,23H,12-17H2,1-8H3,(H2,29,31). The van der Waals surface area contributed by atoms with Crippen molar-refractivity contribution in [3.8, 4) is 0 Å². The van der Waals surface area contributed by atoms with Crippen molar-refractivity contribution in [1.29, 1.82) is 0 Å². The summed E-state index contributed by atoms with van der Waals surface area (Å²) in [4.78, 5) is 38.1. The first kappa shape index (κ1) is 36.3. The van der Waals surface area contributed by atoms with Crippen molar-refractivity contribution in [3.05, 3.63) is 23.9 Å². The van der Waals surface area contributed by atoms with Crippen LogP contribution in [-0.4, -0.2) is 89.2 Å². The third-order valence-corrected chi connectivity index (χ3v) is 10.4. The molecule has 0 aromatic rings. The molecule has 3 heterocycles. The van der Waals surface area contributed by atoms with Gasteiger partial charge in [0.05, 0.1) is 26.4 Å². The summed E-state index contributed by atoms with van der Waals surface area (Å²) >= 11 is 2.15. The fourth-order valence-corrected chi connectivity index (χ4v) is 7.24. The Kier molecular flexibility index (Phi) is 12.2. The van der Waals surface area contributed by atoms with Gasteiger partial charge in [0.1, 0.15) is 18.3 Å². The number of phosphoric ester groups is 1. The molecular formula is C28H45N2O10PS2. The first-order chi connectivity index (χ1) is 19.8. The van der Waals surface area contributed by atoms with Crippen LogP contribution in [0.5, 0.6) is 0 Å². The Hall–Kier alpha value is -1.22. The largest absolute Gasteiger partial charge is 0.474 e. The van der Waals surface area contributed by atoms with E-state index in [2.05, 4.69) is 0 Å². The smallest absolute Gasteiger partial charge is 0.366 e. The zero-order valence-electron chi connectivity index (χ0n) is 26.2. The van der Waals surface area contributed by atoms with Crippen molar-refractivity contribution >= 4 is 47.5 Å². The Morgan fingerprint density at radius 1 is 0.977 bits per heavy atom. The highest BCUT2D eigenvalue weighted by atomic mass is 32.2. The molecule has 2 N–H and O–H groups in total. The van der Waals surface area contributed by atoms with Crippen LogP contribution in [0.1, 0.15) is 55.4 Å². The van der Waals surface area contributed by atoms with Crippen LogP contribution < -0.4 is 5.73 Å². The van der Waals surface area contributed by atoms with Gasteiger partial charge in [-0.2, -0.15) is 0 Å². The van der Waals surface area contributed by atoms with Gasteiger partial charge in [-0.25, -0.2) is 4.57 Å². The molecule has 0 aromatic carbocycles. The predicted octanol–water partition coefficient (Wildman–Crippen LogP) is 4.24. The Morgan fingerprint density at radius 3 is 2.02 bits per heavy atom. The average Bonchev–Trinajstić information content (AvgIpc) is 3.39. The maximum absolute atomic E-state index is 13.7. The number of fused-ring (bicyclic) bond motifs is 1. The number of nitrogens with zero attached hydrogens (tertiary/aromatic N) is 1. The van der Waals surface area contributed by atoms with E-state index in [-0.39, 0.29) is 48.1 Å². The van der Waals surface area contributed by atoms with Gasteiger partial charge in [0.15, 0.2) is 22.2 Å². The molecule has 0 spiro atoms. The fourth-order valence-electron chi connectivity index (χ4n) is 4.24. The first-order valence-electron chi connectivity index (χ1n) is 14.1. The number of hydrogen-bond donors (Lipinski definition) is 1. The number of allylic oxidation sites excluding steroid dienone is 2. The SMILES string of the molecule is CC1(C)OC2C(COP(=O)(OCCSC(=O)C(C)(C)C)OCCSC(=O)C(C)(C)C)OC(N3C=CC=C(C(N)=O)C3)C2O1. The van der Waals surface area contributed by atoms with E-state index in [4.69, 9.17) is 33.5 Å². The molecular weight excluding hydrogens is 619 g/mol. The van der Waals surface area contributed by atoms with Gasteiger partial charge in [0.2, 0.25) is 5.91 Å². The normalized spacial score (nSPS) is 25.5. The van der Waals surface area contributed by atoms with E-state index in [1.165, 1.54) is 0 Å². The zero-order valence-corrected chi connectivity index (χ0v) is 28.7. The third-order valence-electron chi connectivity index (χ3n) is 6.45. The first-order valence-corrected chi connectivity index (χ1v) is 17.6. The van der Waals surface area contributed by atoms with E-state index >= 15 is 0 Å². The predicted molar refractivity (Wildman–Crippen MR) is 165 cm³/mol. The van der Waals surface area contributed by atoms with Gasteiger partial charge < -0.3 is 24.8 Å². The quantitative estimate of drug-likeness (QED) is 0.221. The minimum Gasteiger partial charge on any atom is -0.366 e. The summed E-state index contributed by atoms with van der Waals surface area (Å²) in [6.07, 6.45) is 2.64. The summed E-state index contributed by atoms with van der Waals surface area (Å²) in [5.74, 6) is -0.952. The molecule has 0 saturated carbocycles. The van der Waals surface area contributed by atoms with Gasteiger partial charge in [-0.05, 0) is 19.9 Å². The summed E-state index contributed by atoms with van der Waals surface area (Å²) in [7, 11) is -4.14. The van der Waals surface area contributed by atoms with E-state index in [1.54, 1.807) is 37.1 Å². The van der Waals surface area contributed by atoms with E-state index < -0.39 is 54.9 Å². The van der Waals surface area contributed by atoms with Crippen LogP contribution in [-0.2, 0) is 46.7 Å². The van der Waals surface area contributed by atoms with Crippen LogP contribution in [0.3, 0.4) is 0 Å². The molecule has 0 aromatic heterocycles. The van der Waals surface area contributed by atoms with Crippen LogP contribution in [0.15, 0.2) is 23.9 Å². The molecule has 3 aliphatic rings. The molecule has 4 atom stereocenters. The van der Waals surface area contributed by atoms with Gasteiger partial charge >= 0.3 is 7.82 Å². The van der Waals surface area contributed by atoms with E-state index in [1.807, 2.05) is 41.5 Å². The molecule has 3 rings (SSSR count). The van der Waals surface area contributed by atoms with Crippen LogP contribution in [0.2, 0.25) is 0 Å². The van der Waals surface area contributed by atoms with E-state index in [0.29, 0.717) is 5.57 Å². The number of phosphoric acid groups is 1. The van der Waals surface area contributed by atoms with Crippen molar-refractivity contribution in [2.24, 2.45) is 16.6 Å². The third kappa shape index (κ3) is 10.4. The molecule has 0 radical (unpaired) electrons. The monoisotopic (exact) mass is 664 g/mol. The Balaban J connectivity index is 1.66. The van der Waals surface area contributed by atoms with Crippen molar-refractivity contribution in [2.75, 3.05) is 37.9 Å². The van der Waals surface area contributed by atoms with E-state index in [0.717, 1.165) is 23.5 Å². The molecule has 3 aliphatic heterocycles. The van der Waals surface area contributed by atoms with Crippen LogP contribution in [0.4, 0.5) is 0 Å². The van der Waals surface area contributed by atoms with Crippen molar-refractivity contribution in [1.82, 2.24) is 4.90 Å². The average molecular weight is 665 g/mol. The summed E-state index contributed by atoms with van der Waals surface area (Å²) in [6.45, 7) is 14.4. The molecule has 2 fully saturated rings. The number of nitrogens with two attached hydrogens (primary N) is 1. The van der Waals surface area contributed by atoms with Gasteiger partial charge in [0.25, 0.3) is 0 Å².